The van der Waals surface area contributed by atoms with E-state index in [0.717, 1.165) is 35.1 Å². The molecule has 0 radical (unpaired) electrons. The van der Waals surface area contributed by atoms with Gasteiger partial charge in [0.25, 0.3) is 5.91 Å². The third kappa shape index (κ3) is 5.04. The molecule has 3 aliphatic rings. The van der Waals surface area contributed by atoms with Crippen molar-refractivity contribution in [2.75, 3.05) is 13.1 Å². The Kier molecular flexibility index (Phi) is 7.05. The van der Waals surface area contributed by atoms with Crippen molar-refractivity contribution in [3.8, 4) is 6.07 Å². The van der Waals surface area contributed by atoms with E-state index in [4.69, 9.17) is 0 Å². The van der Waals surface area contributed by atoms with E-state index in [2.05, 4.69) is 37.3 Å². The van der Waals surface area contributed by atoms with Crippen LogP contribution in [0.15, 0.2) is 36.4 Å². The van der Waals surface area contributed by atoms with Gasteiger partial charge >= 0.3 is 0 Å². The lowest BCUT2D eigenvalue weighted by atomic mass is 9.69. The Morgan fingerprint density at radius 1 is 1.14 bits per heavy atom. The maximum absolute atomic E-state index is 14.5. The van der Waals surface area contributed by atoms with Crippen LogP contribution in [0.25, 0.3) is 0 Å². The van der Waals surface area contributed by atoms with Crippen LogP contribution in [0.2, 0.25) is 0 Å². The van der Waals surface area contributed by atoms with Crippen molar-refractivity contribution in [1.82, 2.24) is 36.2 Å². The first-order valence-corrected chi connectivity index (χ1v) is 14.5. The summed E-state index contributed by atoms with van der Waals surface area (Å²) >= 11 is 0. The summed E-state index contributed by atoms with van der Waals surface area (Å²) in [5, 5.41) is 31.2. The number of amides is 2. The molecule has 6 rings (SSSR count). The highest BCUT2D eigenvalue weighted by molar-refractivity contribution is 5.95. The number of tetrazole rings is 1. The number of H-pyrrole nitrogens is 1. The van der Waals surface area contributed by atoms with Gasteiger partial charge in [0.05, 0.1) is 18.0 Å². The van der Waals surface area contributed by atoms with Crippen LogP contribution in [0.5, 0.6) is 0 Å². The number of aromatic amines is 1. The third-order valence-corrected chi connectivity index (χ3v) is 8.73. The molecular weight excluding hydrogens is 535 g/mol. The number of hydrogen-bond acceptors (Lipinski definition) is 7. The number of nitrogens with zero attached hydrogens (tertiary/aromatic N) is 5. The minimum absolute atomic E-state index is 0.0709. The summed E-state index contributed by atoms with van der Waals surface area (Å²) in [4.78, 5) is 27.9. The molecule has 0 bridgehead atoms. The van der Waals surface area contributed by atoms with Crippen molar-refractivity contribution in [3.63, 3.8) is 0 Å². The number of carbonyl (C=O) groups is 2. The maximum atomic E-state index is 14.5. The number of carbonyl (C=O) groups excluding carboxylic acids is 2. The number of nitrogens with one attached hydrogen (secondary N) is 3. The van der Waals surface area contributed by atoms with Crippen molar-refractivity contribution >= 4 is 11.8 Å². The molecule has 1 aromatic heterocycles. The number of fused-ring (bicyclic) bond motifs is 3. The molecule has 1 aliphatic heterocycles. The zero-order chi connectivity index (χ0) is 29.6. The van der Waals surface area contributed by atoms with Crippen LogP contribution >= 0.6 is 0 Å². The Morgan fingerprint density at radius 2 is 1.88 bits per heavy atom. The van der Waals surface area contributed by atoms with E-state index in [0.29, 0.717) is 43.1 Å². The summed E-state index contributed by atoms with van der Waals surface area (Å²) in [6.07, 6.45) is 3.36. The summed E-state index contributed by atoms with van der Waals surface area (Å²) in [5.74, 6) is 0.322. The van der Waals surface area contributed by atoms with E-state index in [1.165, 1.54) is 6.07 Å². The van der Waals surface area contributed by atoms with Gasteiger partial charge in [0, 0.05) is 17.1 Å². The standard InChI is InChI=1S/C31H35FN8O2/c1-30(2,3)35-28(42)20-6-8-24-18(12-20)4-5-19-13-22(32)7-9-25(19)31(24,29-36-38-39-37-29)10-11-34-17-27(41)40-23(16-33)14-21-15-26(21)40/h6-9,12-13,21,23,26,34H,4-5,10-11,14-15,17H2,1-3H3,(H,35,42)(H,36,37,38,39)/t21-,23?,26+,31?/m1/s1. The molecule has 2 heterocycles. The van der Waals surface area contributed by atoms with Crippen LogP contribution in [0.1, 0.15) is 78.5 Å². The smallest absolute Gasteiger partial charge is 0.251 e. The summed E-state index contributed by atoms with van der Waals surface area (Å²) in [5.41, 5.74) is 2.81. The van der Waals surface area contributed by atoms with Gasteiger partial charge < -0.3 is 15.5 Å². The van der Waals surface area contributed by atoms with E-state index in [1.807, 2.05) is 39.0 Å². The quantitative estimate of drug-likeness (QED) is 0.371. The number of nitriles is 1. The molecule has 10 nitrogen and oxygen atoms in total. The van der Waals surface area contributed by atoms with Crippen LogP contribution < -0.4 is 10.6 Å². The van der Waals surface area contributed by atoms with Gasteiger partial charge in [-0.3, -0.25) is 9.59 Å². The Balaban J connectivity index is 1.34. The number of aryl methyl sites for hydroxylation is 2. The molecule has 2 unspecified atom stereocenters. The zero-order valence-electron chi connectivity index (χ0n) is 24.1. The highest BCUT2D eigenvalue weighted by Gasteiger charge is 2.54. The highest BCUT2D eigenvalue weighted by Crippen LogP contribution is 2.48. The van der Waals surface area contributed by atoms with Gasteiger partial charge in [-0.05, 0) is 112 Å². The minimum atomic E-state index is -0.915. The Hall–Kier alpha value is -4.17. The first-order chi connectivity index (χ1) is 20.1. The topological polar surface area (TPSA) is 140 Å². The van der Waals surface area contributed by atoms with Crippen molar-refractivity contribution in [2.24, 2.45) is 5.92 Å². The van der Waals surface area contributed by atoms with E-state index >= 15 is 0 Å². The molecule has 218 valence electrons. The van der Waals surface area contributed by atoms with E-state index in [9.17, 15) is 19.2 Å². The molecular formula is C31H35FN8O2. The fraction of sp³-hybridized carbons (Fsp3) is 0.484. The van der Waals surface area contributed by atoms with Crippen LogP contribution in [-0.4, -0.2) is 68.1 Å². The SMILES string of the molecule is CC(C)(C)NC(=O)c1ccc2c(c1)CCc1cc(F)ccc1C2(CCNCC(=O)N1C(C#N)C[C@@H]2C[C@@H]21)c1nn[nH]n1. The number of piperidine rings is 1. The van der Waals surface area contributed by atoms with E-state index < -0.39 is 11.0 Å². The zero-order valence-corrected chi connectivity index (χ0v) is 24.1. The molecule has 3 aromatic rings. The number of benzene rings is 2. The predicted octanol–water partition coefficient (Wildman–Crippen LogP) is 2.79. The van der Waals surface area contributed by atoms with Crippen molar-refractivity contribution < 1.29 is 14.0 Å². The minimum Gasteiger partial charge on any atom is -0.347 e. The molecule has 3 N–H and O–H groups in total. The molecule has 11 heteroatoms. The number of halogens is 1. The monoisotopic (exact) mass is 570 g/mol. The lowest BCUT2D eigenvalue weighted by Crippen LogP contribution is -2.44. The van der Waals surface area contributed by atoms with Crippen LogP contribution in [-0.2, 0) is 23.1 Å². The summed E-state index contributed by atoms with van der Waals surface area (Å²) in [6.45, 7) is 6.34. The van der Waals surface area contributed by atoms with Crippen molar-refractivity contribution in [2.45, 2.75) is 75.9 Å². The van der Waals surface area contributed by atoms with Gasteiger partial charge in [0.2, 0.25) is 5.91 Å². The molecule has 0 spiro atoms. The molecule has 4 atom stereocenters. The molecule has 1 saturated heterocycles. The summed E-state index contributed by atoms with van der Waals surface area (Å²) in [6, 6.07) is 12.6. The molecule has 2 aromatic carbocycles. The first-order valence-electron chi connectivity index (χ1n) is 14.5. The molecule has 2 aliphatic carbocycles. The highest BCUT2D eigenvalue weighted by atomic mass is 19.1. The fourth-order valence-electron chi connectivity index (χ4n) is 6.83. The Bertz CT molecular complexity index is 1560. The normalized spacial score (nSPS) is 24.2. The summed E-state index contributed by atoms with van der Waals surface area (Å²) in [7, 11) is 0. The Morgan fingerprint density at radius 3 is 2.57 bits per heavy atom. The van der Waals surface area contributed by atoms with Gasteiger partial charge in [0.1, 0.15) is 11.9 Å². The largest absolute Gasteiger partial charge is 0.347 e. The first kappa shape index (κ1) is 28.0. The van der Waals surface area contributed by atoms with Crippen LogP contribution in [0.4, 0.5) is 4.39 Å². The third-order valence-electron chi connectivity index (χ3n) is 8.73. The predicted molar refractivity (Wildman–Crippen MR) is 152 cm³/mol. The summed E-state index contributed by atoms with van der Waals surface area (Å²) < 4.78 is 14.5. The number of likely N-dealkylation sites (tertiary alicyclic amines) is 1. The second kappa shape index (κ2) is 10.6. The average Bonchev–Trinajstić information content (AvgIpc) is 3.34. The van der Waals surface area contributed by atoms with E-state index in [-0.39, 0.29) is 36.3 Å². The lowest BCUT2D eigenvalue weighted by Gasteiger charge is -2.34. The molecule has 42 heavy (non-hydrogen) atoms. The molecule has 2 fully saturated rings. The van der Waals surface area contributed by atoms with Crippen molar-refractivity contribution in [3.05, 3.63) is 75.9 Å². The van der Waals surface area contributed by atoms with Gasteiger partial charge in [-0.15, -0.1) is 10.2 Å². The maximum Gasteiger partial charge on any atom is 0.251 e. The second-order valence-electron chi connectivity index (χ2n) is 12.7. The van der Waals surface area contributed by atoms with Crippen LogP contribution in [0.3, 0.4) is 0 Å². The number of hydrogen-bond donors (Lipinski definition) is 3. The fourth-order valence-corrected chi connectivity index (χ4v) is 6.83. The van der Waals surface area contributed by atoms with Gasteiger partial charge in [-0.25, -0.2) is 4.39 Å². The van der Waals surface area contributed by atoms with E-state index in [1.54, 1.807) is 17.0 Å². The number of rotatable bonds is 7. The lowest BCUT2D eigenvalue weighted by molar-refractivity contribution is -0.131. The number of aromatic nitrogens is 4. The van der Waals surface area contributed by atoms with Gasteiger partial charge in [-0.2, -0.15) is 10.5 Å². The average molecular weight is 571 g/mol. The second-order valence-corrected chi connectivity index (χ2v) is 12.7. The molecule has 2 amide bonds. The van der Waals surface area contributed by atoms with Crippen molar-refractivity contribution in [1.29, 1.82) is 5.26 Å². The van der Waals surface area contributed by atoms with Crippen LogP contribution in [0, 0.1) is 23.1 Å². The van der Waals surface area contributed by atoms with Gasteiger partial charge in [-0.1, -0.05) is 17.3 Å². The van der Waals surface area contributed by atoms with Gasteiger partial charge in [0.15, 0.2) is 5.82 Å². The molecule has 1 saturated carbocycles. The Labute approximate surface area is 244 Å².